The molecule has 0 heterocycles. The van der Waals surface area contributed by atoms with E-state index in [1.807, 2.05) is 0 Å². The second kappa shape index (κ2) is 8.15. The molecule has 0 spiro atoms. The lowest BCUT2D eigenvalue weighted by Crippen LogP contribution is -2.49. The molecule has 0 aromatic carbocycles. The third-order valence-electron chi connectivity index (χ3n) is 6.40. The van der Waals surface area contributed by atoms with Gasteiger partial charge >= 0.3 is 0 Å². The first-order valence-electron chi connectivity index (χ1n) is 10.1. The molecule has 28 heavy (non-hydrogen) atoms. The van der Waals surface area contributed by atoms with Crippen molar-refractivity contribution in [3.8, 4) is 0 Å². The van der Waals surface area contributed by atoms with E-state index < -0.39 is 53.5 Å². The predicted molar refractivity (Wildman–Crippen MR) is 96.2 cm³/mol. The number of hydrogen-bond donors (Lipinski definition) is 1. The van der Waals surface area contributed by atoms with E-state index in [0.29, 0.717) is 44.9 Å². The summed E-state index contributed by atoms with van der Waals surface area (Å²) in [6.45, 7) is 0. The summed E-state index contributed by atoms with van der Waals surface area (Å²) in [4.78, 5) is 74.1. The van der Waals surface area contributed by atoms with Gasteiger partial charge in [-0.15, -0.1) is 0 Å². The number of carbonyl (C=O) groups excluding carboxylic acids is 6. The smallest absolute Gasteiger partial charge is 0.175 e. The van der Waals surface area contributed by atoms with Crippen LogP contribution in [0.4, 0.5) is 0 Å². The fraction of sp³-hybridized carbons (Fsp3) is 0.714. The molecule has 0 aliphatic heterocycles. The first-order chi connectivity index (χ1) is 13.2. The van der Waals surface area contributed by atoms with Gasteiger partial charge in [0.2, 0.25) is 0 Å². The van der Waals surface area contributed by atoms with Crippen molar-refractivity contribution >= 4 is 34.7 Å². The molecular formula is C21H26O7. The maximum absolute atomic E-state index is 13.0. The number of ketones is 6. The topological polar surface area (TPSA) is 123 Å². The van der Waals surface area contributed by atoms with Crippen molar-refractivity contribution in [1.29, 1.82) is 0 Å². The van der Waals surface area contributed by atoms with Gasteiger partial charge in [0.15, 0.2) is 5.78 Å². The van der Waals surface area contributed by atoms with Crippen molar-refractivity contribution in [2.24, 2.45) is 17.8 Å². The lowest BCUT2D eigenvalue weighted by molar-refractivity contribution is -0.154. The third kappa shape index (κ3) is 4.04. The third-order valence-corrected chi connectivity index (χ3v) is 6.40. The Morgan fingerprint density at radius 1 is 0.714 bits per heavy atom. The molecule has 3 atom stereocenters. The van der Waals surface area contributed by atoms with Crippen LogP contribution in [0.15, 0.2) is 0 Å². The van der Waals surface area contributed by atoms with E-state index in [-0.39, 0.29) is 30.2 Å². The van der Waals surface area contributed by atoms with Gasteiger partial charge in [0.1, 0.15) is 34.5 Å². The Morgan fingerprint density at radius 3 is 1.39 bits per heavy atom. The molecule has 7 nitrogen and oxygen atoms in total. The van der Waals surface area contributed by atoms with Gasteiger partial charge in [0, 0.05) is 32.1 Å². The normalized spacial score (nSPS) is 29.9. The van der Waals surface area contributed by atoms with E-state index in [1.165, 1.54) is 0 Å². The number of Topliss-reactive ketones (excluding diaryl/α,β-unsaturated/α-hetero) is 6. The molecule has 1 N–H and O–H groups in total. The monoisotopic (exact) mass is 390 g/mol. The summed E-state index contributed by atoms with van der Waals surface area (Å²) in [6, 6.07) is 0. The molecule has 0 aromatic heterocycles. The zero-order valence-corrected chi connectivity index (χ0v) is 15.9. The fourth-order valence-corrected chi connectivity index (χ4v) is 4.79. The molecule has 3 aliphatic rings. The highest BCUT2D eigenvalue weighted by Gasteiger charge is 2.49. The number of aliphatic hydroxyl groups is 1. The van der Waals surface area contributed by atoms with E-state index >= 15 is 0 Å². The van der Waals surface area contributed by atoms with E-state index in [2.05, 4.69) is 0 Å². The van der Waals surface area contributed by atoms with Crippen molar-refractivity contribution in [1.82, 2.24) is 0 Å². The molecule has 3 unspecified atom stereocenters. The summed E-state index contributed by atoms with van der Waals surface area (Å²) in [5.41, 5.74) is -2.33. The van der Waals surface area contributed by atoms with Crippen LogP contribution in [0.3, 0.4) is 0 Å². The molecule has 0 saturated heterocycles. The number of carbonyl (C=O) groups is 6. The maximum Gasteiger partial charge on any atom is 0.175 e. The second-order valence-electron chi connectivity index (χ2n) is 8.42. The van der Waals surface area contributed by atoms with E-state index in [0.717, 1.165) is 0 Å². The minimum absolute atomic E-state index is 0.214. The average molecular weight is 390 g/mol. The van der Waals surface area contributed by atoms with Gasteiger partial charge in [-0.3, -0.25) is 28.8 Å². The van der Waals surface area contributed by atoms with Crippen LogP contribution in [0, 0.1) is 17.8 Å². The van der Waals surface area contributed by atoms with Gasteiger partial charge < -0.3 is 5.11 Å². The second-order valence-corrected chi connectivity index (χ2v) is 8.42. The van der Waals surface area contributed by atoms with Crippen molar-refractivity contribution in [2.75, 3.05) is 0 Å². The summed E-state index contributed by atoms with van der Waals surface area (Å²) in [5, 5.41) is 11.1. The van der Waals surface area contributed by atoms with Gasteiger partial charge in [-0.1, -0.05) is 0 Å². The highest BCUT2D eigenvalue weighted by atomic mass is 16.3. The van der Waals surface area contributed by atoms with Crippen LogP contribution in [-0.4, -0.2) is 45.4 Å². The molecule has 3 rings (SSSR count). The molecule has 7 heteroatoms. The molecule has 3 saturated carbocycles. The zero-order chi connectivity index (χ0) is 20.5. The van der Waals surface area contributed by atoms with Crippen LogP contribution in [0.25, 0.3) is 0 Å². The van der Waals surface area contributed by atoms with E-state index in [1.54, 1.807) is 0 Å². The highest BCUT2D eigenvalue weighted by Crippen LogP contribution is 2.34. The minimum atomic E-state index is -2.33. The van der Waals surface area contributed by atoms with Gasteiger partial charge in [0.05, 0.1) is 17.8 Å². The molecule has 3 fully saturated rings. The summed E-state index contributed by atoms with van der Waals surface area (Å²) in [5.74, 6) is -5.40. The molecule has 3 aliphatic carbocycles. The molecule has 0 bridgehead atoms. The summed E-state index contributed by atoms with van der Waals surface area (Å²) >= 11 is 0. The van der Waals surface area contributed by atoms with Crippen molar-refractivity contribution in [3.63, 3.8) is 0 Å². The largest absolute Gasteiger partial charge is 0.381 e. The summed E-state index contributed by atoms with van der Waals surface area (Å²) in [6.07, 6.45) is 2.23. The van der Waals surface area contributed by atoms with Gasteiger partial charge in [-0.2, -0.15) is 0 Å². The molecule has 0 amide bonds. The Bertz CT molecular complexity index is 695. The lowest BCUT2D eigenvalue weighted by Gasteiger charge is -2.29. The molecule has 152 valence electrons. The van der Waals surface area contributed by atoms with Crippen LogP contribution < -0.4 is 0 Å². The van der Waals surface area contributed by atoms with Gasteiger partial charge in [-0.25, -0.2) is 0 Å². The Morgan fingerprint density at radius 2 is 1.07 bits per heavy atom. The summed E-state index contributed by atoms with van der Waals surface area (Å²) < 4.78 is 0. The Kier molecular flexibility index (Phi) is 6.03. The first kappa shape index (κ1) is 20.7. The van der Waals surface area contributed by atoms with Crippen LogP contribution in [-0.2, 0) is 28.8 Å². The number of hydrogen-bond acceptors (Lipinski definition) is 7. The van der Waals surface area contributed by atoms with Crippen LogP contribution >= 0.6 is 0 Å². The van der Waals surface area contributed by atoms with Crippen LogP contribution in [0.5, 0.6) is 0 Å². The van der Waals surface area contributed by atoms with Crippen LogP contribution in [0.2, 0.25) is 0 Å². The van der Waals surface area contributed by atoms with E-state index in [9.17, 15) is 33.9 Å². The Balaban J connectivity index is 1.81. The van der Waals surface area contributed by atoms with Crippen molar-refractivity contribution in [3.05, 3.63) is 0 Å². The van der Waals surface area contributed by atoms with E-state index in [4.69, 9.17) is 0 Å². The average Bonchev–Trinajstić information content (AvgIpc) is 3.35. The molecular weight excluding hydrogens is 364 g/mol. The summed E-state index contributed by atoms with van der Waals surface area (Å²) in [7, 11) is 0. The minimum Gasteiger partial charge on any atom is -0.381 e. The van der Waals surface area contributed by atoms with Gasteiger partial charge in [-0.05, 0) is 38.5 Å². The maximum atomic E-state index is 13.0. The van der Waals surface area contributed by atoms with Crippen molar-refractivity contribution in [2.45, 2.75) is 76.2 Å². The van der Waals surface area contributed by atoms with Gasteiger partial charge in [0.25, 0.3) is 0 Å². The quantitative estimate of drug-likeness (QED) is 0.620. The lowest BCUT2D eigenvalue weighted by atomic mass is 9.76. The van der Waals surface area contributed by atoms with Crippen molar-refractivity contribution < 1.29 is 33.9 Å². The SMILES string of the molecule is O=C1CCCC1C(=O)CC(O)(CC(=O)C1CCCC1=O)C(=O)C1CCCC1=O. The fourth-order valence-electron chi connectivity index (χ4n) is 4.79. The van der Waals surface area contributed by atoms with Crippen LogP contribution in [0.1, 0.15) is 70.6 Å². The zero-order valence-electron chi connectivity index (χ0n) is 15.9. The predicted octanol–water partition coefficient (Wildman–Crippen LogP) is 1.31. The first-order valence-corrected chi connectivity index (χ1v) is 10.1. The standard InChI is InChI=1S/C21H26O7/c22-15-7-1-4-12(15)18(25)10-21(28,20(27)14-6-3-9-17(14)24)11-19(26)13-5-2-8-16(13)23/h12-14,28H,1-11H2. The molecule has 0 aromatic rings. The Labute approximate surface area is 163 Å². The Hall–Kier alpha value is -2.02. The highest BCUT2D eigenvalue weighted by molar-refractivity contribution is 6.13. The molecule has 0 radical (unpaired) electrons. The number of rotatable bonds is 8.